The Balaban J connectivity index is 0.00000705. The number of hydrogen-bond donors (Lipinski definition) is 2. The molecule has 0 saturated carbocycles. The summed E-state index contributed by atoms with van der Waals surface area (Å²) in [6, 6.07) is 0. The van der Waals surface area contributed by atoms with Crippen molar-refractivity contribution in [1.82, 2.24) is 5.32 Å². The molecule has 0 spiro atoms. The van der Waals surface area contributed by atoms with Gasteiger partial charge in [-0.1, -0.05) is 39.8 Å². The first-order valence-electron chi connectivity index (χ1n) is 15.8. The van der Waals surface area contributed by atoms with Crippen molar-refractivity contribution >= 4 is 11.9 Å². The van der Waals surface area contributed by atoms with Crippen molar-refractivity contribution in [1.29, 1.82) is 0 Å². The zero-order chi connectivity index (χ0) is 32.7. The number of allylic oxidation sites excluding steroid dienone is 2. The molecule has 0 aromatic rings. The molecule has 0 aliphatic carbocycles. The zero-order valence-electron chi connectivity index (χ0n) is 28.6. The number of fused-ring (bicyclic) bond motifs is 1. The summed E-state index contributed by atoms with van der Waals surface area (Å²) in [5.74, 6) is -2.82. The third-order valence-corrected chi connectivity index (χ3v) is 9.88. The molecule has 0 radical (unpaired) electrons. The number of amides is 1. The van der Waals surface area contributed by atoms with Gasteiger partial charge in [-0.05, 0) is 50.9 Å². The van der Waals surface area contributed by atoms with Gasteiger partial charge in [0, 0.05) is 45.6 Å². The molecule has 12 nitrogen and oxygen atoms in total. The van der Waals surface area contributed by atoms with Gasteiger partial charge in [0.25, 0.3) is 5.91 Å². The fourth-order valence-corrected chi connectivity index (χ4v) is 6.73. The van der Waals surface area contributed by atoms with Gasteiger partial charge in [0.2, 0.25) is 5.79 Å². The van der Waals surface area contributed by atoms with Crippen LogP contribution in [0.5, 0.6) is 0 Å². The molecular weight excluding hydrogens is 613 g/mol. The number of nitrogens with one attached hydrogen (secondary N) is 1. The summed E-state index contributed by atoms with van der Waals surface area (Å²) < 4.78 is 42.0. The number of aliphatic hydroxyl groups excluding tert-OH is 1. The van der Waals surface area contributed by atoms with Crippen LogP contribution in [0.25, 0.3) is 0 Å². The molecule has 13 heteroatoms. The van der Waals surface area contributed by atoms with Crippen molar-refractivity contribution in [3.05, 3.63) is 12.2 Å². The molecule has 254 valence electrons. The first-order chi connectivity index (χ1) is 20.8. The number of hydrogen-bond acceptors (Lipinski definition) is 11. The standard InChI is InChI=1S/C32H55NO11.K/c1-19-17-32(40-8,44-21(3)20(19)2)27(36)29(37)33-30-26-25(41-18-42-30)28(39-7)31(4,5)23(43-26)16-22(38-6)14-12-10-9-11-13-15-24(34)35;/h9,11,19-23,25-28,30,36H,10,12-18H2,1-8H3,(H,33,37)(H,34,35);/q;+1/p-1/b11-9+;/t19?,20-,21-,22-,23-,25+,26+,27-,28-,30-,32-;/m1./s1. The van der Waals surface area contributed by atoms with Gasteiger partial charge in [0.1, 0.15) is 19.0 Å². The molecule has 2 N–H and O–H groups in total. The van der Waals surface area contributed by atoms with E-state index in [0.717, 1.165) is 19.3 Å². The van der Waals surface area contributed by atoms with Gasteiger partial charge in [0.05, 0.1) is 24.4 Å². The molecule has 0 bridgehead atoms. The number of ether oxygens (including phenoxy) is 7. The number of rotatable bonds is 15. The van der Waals surface area contributed by atoms with Gasteiger partial charge in [-0.2, -0.15) is 0 Å². The van der Waals surface area contributed by atoms with E-state index in [1.165, 1.54) is 7.11 Å². The fraction of sp³-hybridized carbons (Fsp3) is 0.875. The Morgan fingerprint density at radius 2 is 1.78 bits per heavy atom. The maximum Gasteiger partial charge on any atom is 1.00 e. The van der Waals surface area contributed by atoms with Gasteiger partial charge >= 0.3 is 51.4 Å². The molecule has 11 atom stereocenters. The molecule has 3 fully saturated rings. The van der Waals surface area contributed by atoms with Crippen LogP contribution in [-0.2, 0) is 42.7 Å². The number of unbranched alkanes of at least 4 members (excludes halogenated alkanes) is 1. The molecule has 45 heavy (non-hydrogen) atoms. The number of carboxylic acids is 1. The van der Waals surface area contributed by atoms with E-state index < -0.39 is 47.6 Å². The minimum atomic E-state index is -1.60. The van der Waals surface area contributed by atoms with Crippen LogP contribution in [0.15, 0.2) is 12.2 Å². The third kappa shape index (κ3) is 10.3. The van der Waals surface area contributed by atoms with E-state index in [1.807, 2.05) is 19.1 Å². The average Bonchev–Trinajstić information content (AvgIpc) is 2.98. The normalized spacial score (nSPS) is 36.0. The van der Waals surface area contributed by atoms with Gasteiger partial charge < -0.3 is 53.5 Å². The van der Waals surface area contributed by atoms with E-state index in [1.54, 1.807) is 14.2 Å². The van der Waals surface area contributed by atoms with Gasteiger partial charge in [-0.25, -0.2) is 0 Å². The summed E-state index contributed by atoms with van der Waals surface area (Å²) in [5.41, 5.74) is -0.470. The van der Waals surface area contributed by atoms with Crippen LogP contribution < -0.4 is 61.8 Å². The smallest absolute Gasteiger partial charge is 0.550 e. The molecule has 3 rings (SSSR count). The Kier molecular flexibility index (Phi) is 17.1. The predicted molar refractivity (Wildman–Crippen MR) is 158 cm³/mol. The van der Waals surface area contributed by atoms with Crippen LogP contribution in [0.4, 0.5) is 0 Å². The largest absolute Gasteiger partial charge is 1.00 e. The van der Waals surface area contributed by atoms with E-state index in [2.05, 4.69) is 33.0 Å². The Bertz CT molecular complexity index is 953. The maximum atomic E-state index is 13.5. The number of carboxylic acid groups (broad SMARTS) is 1. The maximum absolute atomic E-state index is 13.5. The Labute approximate surface area is 311 Å². The Morgan fingerprint density at radius 3 is 2.38 bits per heavy atom. The number of carbonyl (C=O) groups is 2. The molecule has 0 aromatic carbocycles. The van der Waals surface area contributed by atoms with Crippen LogP contribution in [-0.4, -0.2) is 99.8 Å². The van der Waals surface area contributed by atoms with Crippen molar-refractivity contribution in [2.24, 2.45) is 17.3 Å². The first-order valence-corrected chi connectivity index (χ1v) is 15.8. The van der Waals surface area contributed by atoms with Crippen molar-refractivity contribution < 1.29 is 104 Å². The molecule has 3 aliphatic rings. The van der Waals surface area contributed by atoms with E-state index in [9.17, 15) is 19.8 Å². The monoisotopic (exact) mass is 667 g/mol. The van der Waals surface area contributed by atoms with Gasteiger partial charge in [-0.3, -0.25) is 4.79 Å². The minimum absolute atomic E-state index is 0. The van der Waals surface area contributed by atoms with Crippen molar-refractivity contribution in [2.45, 2.75) is 134 Å². The Hall–Kier alpha value is -0.00364. The van der Waals surface area contributed by atoms with Crippen LogP contribution in [0.3, 0.4) is 0 Å². The Morgan fingerprint density at radius 1 is 1.09 bits per heavy atom. The number of carbonyl (C=O) groups excluding carboxylic acids is 2. The van der Waals surface area contributed by atoms with Gasteiger partial charge in [-0.15, -0.1) is 0 Å². The predicted octanol–water partition coefficient (Wildman–Crippen LogP) is -0.939. The number of aliphatic hydroxyl groups is 1. The van der Waals surface area contributed by atoms with Gasteiger partial charge in [0.15, 0.2) is 12.3 Å². The first kappa shape index (κ1) is 41.2. The van der Waals surface area contributed by atoms with Crippen LogP contribution in [0.2, 0.25) is 0 Å². The summed E-state index contributed by atoms with van der Waals surface area (Å²) in [6.45, 7) is 10.1. The van der Waals surface area contributed by atoms with Crippen LogP contribution in [0.1, 0.15) is 79.6 Å². The van der Waals surface area contributed by atoms with E-state index in [-0.39, 0.29) is 101 Å². The van der Waals surface area contributed by atoms with Crippen LogP contribution >= 0.6 is 0 Å². The second kappa shape index (κ2) is 18.7. The van der Waals surface area contributed by atoms with Crippen molar-refractivity contribution in [2.75, 3.05) is 28.1 Å². The summed E-state index contributed by atoms with van der Waals surface area (Å²) in [7, 11) is 4.74. The third-order valence-electron chi connectivity index (χ3n) is 9.88. The molecule has 1 amide bonds. The van der Waals surface area contributed by atoms with Crippen molar-refractivity contribution in [3.8, 4) is 0 Å². The number of methoxy groups -OCH3 is 3. The SMILES string of the molecule is CO[C@H](CCC/C=C/CCC(=O)[O-])C[C@H]1O[C@H]2[C@H](OCO[C@H]2NC(=O)[C@@H](O)[C@@]2(OC)CC(C)[C@@H](C)[C@@H](C)O2)[C@@H](OC)C1(C)C.[K+]. The van der Waals surface area contributed by atoms with Crippen molar-refractivity contribution in [3.63, 3.8) is 0 Å². The summed E-state index contributed by atoms with van der Waals surface area (Å²) in [4.78, 5) is 24.1. The second-order valence-electron chi connectivity index (χ2n) is 13.1. The topological polar surface area (TPSA) is 154 Å². The molecule has 3 aliphatic heterocycles. The zero-order valence-corrected chi connectivity index (χ0v) is 31.7. The summed E-state index contributed by atoms with van der Waals surface area (Å²) >= 11 is 0. The molecule has 3 saturated heterocycles. The summed E-state index contributed by atoms with van der Waals surface area (Å²) in [5, 5.41) is 24.6. The fourth-order valence-electron chi connectivity index (χ4n) is 6.73. The average molecular weight is 668 g/mol. The minimum Gasteiger partial charge on any atom is -0.550 e. The molecular formula is C32H54KNO11. The van der Waals surface area contributed by atoms with E-state index in [0.29, 0.717) is 19.3 Å². The number of aliphatic carboxylic acids is 1. The second-order valence-corrected chi connectivity index (χ2v) is 13.1. The van der Waals surface area contributed by atoms with Crippen LogP contribution in [0, 0.1) is 17.3 Å². The quantitative estimate of drug-likeness (QED) is 0.126. The molecule has 3 heterocycles. The molecule has 1 unspecified atom stereocenters. The summed E-state index contributed by atoms with van der Waals surface area (Å²) in [6.07, 6.45) is 2.89. The molecule has 0 aromatic heterocycles. The van der Waals surface area contributed by atoms with E-state index in [4.69, 9.17) is 33.2 Å². The van der Waals surface area contributed by atoms with E-state index >= 15 is 0 Å².